The van der Waals surface area contributed by atoms with Gasteiger partial charge in [-0.15, -0.1) is 0 Å². The van der Waals surface area contributed by atoms with Gasteiger partial charge in [-0.2, -0.15) is 0 Å². The van der Waals surface area contributed by atoms with Gasteiger partial charge in [-0.1, -0.05) is 121 Å². The molecule has 0 bridgehead atoms. The van der Waals surface area contributed by atoms with Crippen LogP contribution in [0.5, 0.6) is 0 Å². The van der Waals surface area contributed by atoms with E-state index in [2.05, 4.69) is 135 Å². The average Bonchev–Trinajstić information content (AvgIpc) is 3.52. The fraction of sp³-hybridized carbons (Fsp3) is 0.244. The van der Waals surface area contributed by atoms with Crippen molar-refractivity contribution < 1.29 is 4.79 Å². The van der Waals surface area contributed by atoms with Gasteiger partial charge < -0.3 is 4.90 Å². The van der Waals surface area contributed by atoms with Crippen LogP contribution in [0.25, 0.3) is 11.6 Å². The van der Waals surface area contributed by atoms with Crippen molar-refractivity contribution in [3.8, 4) is 0 Å². The summed E-state index contributed by atoms with van der Waals surface area (Å²) in [6, 6.07) is 36.8. The summed E-state index contributed by atoms with van der Waals surface area (Å²) in [5.74, 6) is 0.370. The molecule has 1 saturated heterocycles. The second-order valence-electron chi connectivity index (χ2n) is 12.3. The molecule has 3 nitrogen and oxygen atoms in total. The molecule has 2 aliphatic rings. The third-order valence-corrected chi connectivity index (χ3v) is 9.21. The Morgan fingerprint density at radius 2 is 1.39 bits per heavy atom. The van der Waals surface area contributed by atoms with Crippen LogP contribution in [0.2, 0.25) is 0 Å². The first-order chi connectivity index (χ1) is 21.5. The van der Waals surface area contributed by atoms with Gasteiger partial charge in [0.15, 0.2) is 0 Å². The van der Waals surface area contributed by atoms with E-state index in [4.69, 9.17) is 0 Å². The highest BCUT2D eigenvalue weighted by Gasteiger charge is 2.25. The lowest BCUT2D eigenvalue weighted by molar-refractivity contribution is -0.127. The van der Waals surface area contributed by atoms with Gasteiger partial charge in [0, 0.05) is 44.7 Å². The van der Waals surface area contributed by atoms with Gasteiger partial charge in [0.1, 0.15) is 0 Å². The highest BCUT2D eigenvalue weighted by atomic mass is 16.2. The Morgan fingerprint density at radius 1 is 0.795 bits per heavy atom. The first kappa shape index (κ1) is 29.6. The molecule has 1 aliphatic heterocycles. The Bertz CT molecular complexity index is 1640. The van der Waals surface area contributed by atoms with Crippen molar-refractivity contribution >= 4 is 17.6 Å². The van der Waals surface area contributed by atoms with E-state index in [9.17, 15) is 4.79 Å². The van der Waals surface area contributed by atoms with Crippen molar-refractivity contribution in [2.24, 2.45) is 0 Å². The van der Waals surface area contributed by atoms with Crippen LogP contribution < -0.4 is 0 Å². The predicted octanol–water partition coefficient (Wildman–Crippen LogP) is 8.32. The number of carbonyl (C=O) groups excluding carboxylic acids is 1. The Hall–Kier alpha value is -4.47. The first-order valence-corrected chi connectivity index (χ1v) is 15.8. The highest BCUT2D eigenvalue weighted by Crippen LogP contribution is 2.39. The maximum absolute atomic E-state index is 13.4. The van der Waals surface area contributed by atoms with Crippen molar-refractivity contribution in [1.82, 2.24) is 9.80 Å². The summed E-state index contributed by atoms with van der Waals surface area (Å²) < 4.78 is 0. The summed E-state index contributed by atoms with van der Waals surface area (Å²) in [6.07, 6.45) is 5.96. The van der Waals surface area contributed by atoms with Crippen LogP contribution in [0, 0.1) is 0 Å². The lowest BCUT2D eigenvalue weighted by atomic mass is 9.83. The number of benzene rings is 4. The number of rotatable bonds is 9. The van der Waals surface area contributed by atoms with Crippen molar-refractivity contribution in [2.45, 2.75) is 39.2 Å². The third kappa shape index (κ3) is 6.69. The Balaban J connectivity index is 1.23. The minimum Gasteiger partial charge on any atom is -0.337 e. The first-order valence-electron chi connectivity index (χ1n) is 15.8. The number of piperazine rings is 1. The second-order valence-corrected chi connectivity index (χ2v) is 12.3. The van der Waals surface area contributed by atoms with Crippen LogP contribution in [0.1, 0.15) is 58.7 Å². The van der Waals surface area contributed by atoms with E-state index in [1.54, 1.807) is 0 Å². The fourth-order valence-corrected chi connectivity index (χ4v) is 6.65. The Morgan fingerprint density at radius 3 is 1.98 bits per heavy atom. The van der Waals surface area contributed by atoms with Gasteiger partial charge >= 0.3 is 0 Å². The van der Waals surface area contributed by atoms with E-state index >= 15 is 0 Å². The molecule has 1 heterocycles. The lowest BCUT2D eigenvalue weighted by Crippen LogP contribution is -2.47. The lowest BCUT2D eigenvalue weighted by Gasteiger charge is -2.34. The normalized spacial score (nSPS) is 15.3. The molecular formula is C41H42N2O. The van der Waals surface area contributed by atoms with E-state index in [0.29, 0.717) is 0 Å². The molecule has 44 heavy (non-hydrogen) atoms. The van der Waals surface area contributed by atoms with Crippen molar-refractivity contribution in [3.05, 3.63) is 166 Å². The van der Waals surface area contributed by atoms with Crippen molar-refractivity contribution in [1.29, 1.82) is 0 Å². The van der Waals surface area contributed by atoms with Gasteiger partial charge in [-0.3, -0.25) is 9.69 Å². The number of nitrogens with zero attached hydrogens (tertiary/aromatic N) is 2. The fourth-order valence-electron chi connectivity index (χ4n) is 6.65. The quantitative estimate of drug-likeness (QED) is 0.187. The second kappa shape index (κ2) is 13.4. The minimum absolute atomic E-state index is 0.106. The molecule has 0 N–H and O–H groups in total. The summed E-state index contributed by atoms with van der Waals surface area (Å²) in [7, 11) is 0. The summed E-state index contributed by atoms with van der Waals surface area (Å²) in [5, 5.41) is 0. The molecule has 1 fully saturated rings. The molecule has 1 amide bonds. The molecule has 0 saturated carbocycles. The topological polar surface area (TPSA) is 23.6 Å². The molecule has 6 rings (SSSR count). The maximum Gasteiger partial charge on any atom is 0.246 e. The van der Waals surface area contributed by atoms with Gasteiger partial charge in [0.2, 0.25) is 5.91 Å². The predicted molar refractivity (Wildman–Crippen MR) is 183 cm³/mol. The third-order valence-electron chi connectivity index (χ3n) is 9.21. The van der Waals surface area contributed by atoms with Crippen LogP contribution in [0.4, 0.5) is 0 Å². The zero-order valence-electron chi connectivity index (χ0n) is 26.0. The number of hydrogen-bond acceptors (Lipinski definition) is 2. The van der Waals surface area contributed by atoms with Gasteiger partial charge in [-0.25, -0.2) is 0 Å². The van der Waals surface area contributed by atoms with Gasteiger partial charge in [0.25, 0.3) is 0 Å². The van der Waals surface area contributed by atoms with Crippen LogP contribution >= 0.6 is 0 Å². The number of amides is 1. The minimum atomic E-state index is 0.106. The smallest absolute Gasteiger partial charge is 0.246 e. The Labute approximate surface area is 262 Å². The van der Waals surface area contributed by atoms with E-state index in [1.807, 2.05) is 11.0 Å². The zero-order chi connectivity index (χ0) is 30.5. The number of hydrogen-bond donors (Lipinski definition) is 0. The standard InChI is InChI=1S/C41H42N2O/c1-30(2)36-27-39-35(26-38(33-15-9-5-10-16-33)34-17-11-6-12-18-34)19-20-37(40(39)28-36)31(3)25-41(44)43-23-21-42(22-24-43)29-32-13-7-4-8-14-32/h4-20,25,28,38H,1,21-24,26-27,29H2,2-3H3/b31-25+. The maximum atomic E-state index is 13.4. The van der Waals surface area contributed by atoms with Gasteiger partial charge in [0.05, 0.1) is 0 Å². The number of carbonyl (C=O) groups is 1. The molecule has 3 heteroatoms. The number of allylic oxidation sites excluding steroid dienone is 3. The zero-order valence-corrected chi connectivity index (χ0v) is 26.0. The molecule has 0 atom stereocenters. The highest BCUT2D eigenvalue weighted by molar-refractivity contribution is 5.96. The molecule has 4 aromatic carbocycles. The van der Waals surface area contributed by atoms with Crippen molar-refractivity contribution in [3.63, 3.8) is 0 Å². The largest absolute Gasteiger partial charge is 0.337 e. The molecule has 1 aliphatic carbocycles. The molecule has 0 aromatic heterocycles. The van der Waals surface area contributed by atoms with Gasteiger partial charge in [-0.05, 0) is 76.8 Å². The number of fused-ring (bicyclic) bond motifs is 1. The van der Waals surface area contributed by atoms with E-state index in [0.717, 1.165) is 62.3 Å². The van der Waals surface area contributed by atoms with E-state index < -0.39 is 0 Å². The molecule has 0 unspecified atom stereocenters. The molecule has 0 radical (unpaired) electrons. The van der Waals surface area contributed by atoms with Crippen LogP contribution in [-0.2, 0) is 24.2 Å². The summed E-state index contributed by atoms with van der Waals surface area (Å²) in [6.45, 7) is 12.7. The molecule has 4 aromatic rings. The SMILES string of the molecule is C=C(C)C1=Cc2c(/C(C)=C/C(=O)N3CCN(Cc4ccccc4)CC3)ccc(CC(c3ccccc3)c3ccccc3)c2C1. The summed E-state index contributed by atoms with van der Waals surface area (Å²) >= 11 is 0. The monoisotopic (exact) mass is 578 g/mol. The summed E-state index contributed by atoms with van der Waals surface area (Å²) in [5.41, 5.74) is 12.5. The van der Waals surface area contributed by atoms with Crippen LogP contribution in [0.3, 0.4) is 0 Å². The molecule has 0 spiro atoms. The summed E-state index contributed by atoms with van der Waals surface area (Å²) in [4.78, 5) is 17.9. The average molecular weight is 579 g/mol. The van der Waals surface area contributed by atoms with Crippen LogP contribution in [0.15, 0.2) is 127 Å². The van der Waals surface area contributed by atoms with E-state index in [1.165, 1.54) is 39.0 Å². The van der Waals surface area contributed by atoms with Crippen molar-refractivity contribution in [2.75, 3.05) is 26.2 Å². The molecule has 222 valence electrons. The van der Waals surface area contributed by atoms with Crippen LogP contribution in [-0.4, -0.2) is 41.9 Å². The Kier molecular flexibility index (Phi) is 9.04. The van der Waals surface area contributed by atoms with E-state index in [-0.39, 0.29) is 11.8 Å². The molecular weight excluding hydrogens is 536 g/mol.